The Labute approximate surface area is 138 Å². The van der Waals surface area contributed by atoms with Crippen LogP contribution in [0.2, 0.25) is 0 Å². The summed E-state index contributed by atoms with van der Waals surface area (Å²) in [5, 5.41) is 3.37. The average molecular weight is 323 g/mol. The fourth-order valence-electron chi connectivity index (χ4n) is 2.39. The molecule has 1 heterocycles. The van der Waals surface area contributed by atoms with Crippen molar-refractivity contribution in [2.75, 3.05) is 13.7 Å². The SMILES string of the molecule is COc1ccc(C(=O)NCCc2nc3ccccc3c(=O)[nH]2)cc1. The lowest BCUT2D eigenvalue weighted by molar-refractivity contribution is 0.0954. The Morgan fingerprint density at radius 2 is 1.92 bits per heavy atom. The third-order valence-corrected chi connectivity index (χ3v) is 3.66. The molecule has 0 saturated carbocycles. The number of aromatic nitrogens is 2. The lowest BCUT2D eigenvalue weighted by atomic mass is 10.2. The number of carbonyl (C=O) groups excluding carboxylic acids is 1. The summed E-state index contributed by atoms with van der Waals surface area (Å²) in [7, 11) is 1.58. The van der Waals surface area contributed by atoms with E-state index in [4.69, 9.17) is 4.74 Å². The van der Waals surface area contributed by atoms with Crippen LogP contribution in [0.25, 0.3) is 10.9 Å². The van der Waals surface area contributed by atoms with E-state index in [1.165, 1.54) is 0 Å². The van der Waals surface area contributed by atoms with Crippen molar-refractivity contribution >= 4 is 16.8 Å². The van der Waals surface area contributed by atoms with Crippen LogP contribution in [0.1, 0.15) is 16.2 Å². The van der Waals surface area contributed by atoms with Gasteiger partial charge < -0.3 is 15.0 Å². The predicted octanol–water partition coefficient (Wildman–Crippen LogP) is 1.90. The maximum absolute atomic E-state index is 12.1. The van der Waals surface area contributed by atoms with Crippen LogP contribution in [0.5, 0.6) is 5.75 Å². The van der Waals surface area contributed by atoms with Gasteiger partial charge in [-0.3, -0.25) is 9.59 Å². The summed E-state index contributed by atoms with van der Waals surface area (Å²) in [4.78, 5) is 31.2. The van der Waals surface area contributed by atoms with Crippen molar-refractivity contribution in [3.8, 4) is 5.75 Å². The van der Waals surface area contributed by atoms with Gasteiger partial charge in [0.25, 0.3) is 11.5 Å². The number of amides is 1. The highest BCUT2D eigenvalue weighted by Crippen LogP contribution is 2.11. The van der Waals surface area contributed by atoms with Gasteiger partial charge in [0.15, 0.2) is 0 Å². The molecule has 0 aliphatic rings. The van der Waals surface area contributed by atoms with E-state index in [2.05, 4.69) is 15.3 Å². The molecule has 6 nitrogen and oxygen atoms in total. The number of fused-ring (bicyclic) bond motifs is 1. The maximum atomic E-state index is 12.1. The number of rotatable bonds is 5. The molecule has 0 bridgehead atoms. The number of ether oxygens (including phenoxy) is 1. The summed E-state index contributed by atoms with van der Waals surface area (Å²) in [6.45, 7) is 0.381. The molecule has 1 amide bonds. The van der Waals surface area contributed by atoms with Crippen LogP contribution in [0.4, 0.5) is 0 Å². The van der Waals surface area contributed by atoms with Crippen LogP contribution >= 0.6 is 0 Å². The van der Waals surface area contributed by atoms with Gasteiger partial charge in [-0.25, -0.2) is 4.98 Å². The molecule has 0 saturated heterocycles. The monoisotopic (exact) mass is 323 g/mol. The number of carbonyl (C=O) groups is 1. The minimum Gasteiger partial charge on any atom is -0.497 e. The van der Waals surface area contributed by atoms with Gasteiger partial charge in [0, 0.05) is 18.5 Å². The van der Waals surface area contributed by atoms with Gasteiger partial charge in [0.2, 0.25) is 0 Å². The number of hydrogen-bond acceptors (Lipinski definition) is 4. The predicted molar refractivity (Wildman–Crippen MR) is 91.4 cm³/mol. The minimum absolute atomic E-state index is 0.169. The molecule has 1 aromatic heterocycles. The second-order valence-electron chi connectivity index (χ2n) is 5.26. The van der Waals surface area contributed by atoms with Crippen LogP contribution in [-0.4, -0.2) is 29.5 Å². The normalized spacial score (nSPS) is 10.5. The third kappa shape index (κ3) is 3.43. The number of hydrogen-bond donors (Lipinski definition) is 2. The molecular formula is C18H17N3O3. The topological polar surface area (TPSA) is 84.1 Å². The molecule has 0 unspecified atom stereocenters. The first-order chi connectivity index (χ1) is 11.7. The summed E-state index contributed by atoms with van der Waals surface area (Å²) in [6, 6.07) is 14.0. The van der Waals surface area contributed by atoms with E-state index in [0.717, 1.165) is 0 Å². The van der Waals surface area contributed by atoms with Crippen molar-refractivity contribution in [2.24, 2.45) is 0 Å². The average Bonchev–Trinajstić information content (AvgIpc) is 2.62. The van der Waals surface area contributed by atoms with Crippen molar-refractivity contribution < 1.29 is 9.53 Å². The van der Waals surface area contributed by atoms with Gasteiger partial charge in [-0.15, -0.1) is 0 Å². The Bertz CT molecular complexity index is 917. The van der Waals surface area contributed by atoms with E-state index in [1.54, 1.807) is 49.6 Å². The van der Waals surface area contributed by atoms with Gasteiger partial charge in [0.05, 0.1) is 18.0 Å². The first kappa shape index (κ1) is 15.7. The molecule has 0 radical (unpaired) electrons. The van der Waals surface area contributed by atoms with Crippen LogP contribution in [0.3, 0.4) is 0 Å². The summed E-state index contributed by atoms with van der Waals surface area (Å²) in [6.07, 6.45) is 0.446. The van der Waals surface area contributed by atoms with Crippen molar-refractivity contribution in [2.45, 2.75) is 6.42 Å². The Hall–Kier alpha value is -3.15. The number of benzene rings is 2. The Morgan fingerprint density at radius 3 is 2.67 bits per heavy atom. The van der Waals surface area contributed by atoms with Crippen molar-refractivity contribution in [3.63, 3.8) is 0 Å². The maximum Gasteiger partial charge on any atom is 0.258 e. The molecule has 0 fully saturated rings. The third-order valence-electron chi connectivity index (χ3n) is 3.66. The van der Waals surface area contributed by atoms with E-state index < -0.39 is 0 Å². The molecule has 6 heteroatoms. The van der Waals surface area contributed by atoms with E-state index in [1.807, 2.05) is 6.07 Å². The summed E-state index contributed by atoms with van der Waals surface area (Å²) in [5.74, 6) is 1.07. The summed E-state index contributed by atoms with van der Waals surface area (Å²) >= 11 is 0. The molecule has 2 aromatic carbocycles. The van der Waals surface area contributed by atoms with Crippen LogP contribution < -0.4 is 15.6 Å². The molecule has 2 N–H and O–H groups in total. The van der Waals surface area contributed by atoms with Gasteiger partial charge in [0.1, 0.15) is 11.6 Å². The molecule has 3 aromatic rings. The van der Waals surface area contributed by atoms with E-state index in [9.17, 15) is 9.59 Å². The summed E-state index contributed by atoms with van der Waals surface area (Å²) < 4.78 is 5.06. The molecule has 0 aliphatic heterocycles. The molecule has 24 heavy (non-hydrogen) atoms. The second-order valence-corrected chi connectivity index (χ2v) is 5.26. The molecule has 0 atom stereocenters. The molecule has 3 rings (SSSR count). The number of methoxy groups -OCH3 is 1. The zero-order valence-electron chi connectivity index (χ0n) is 13.2. The van der Waals surface area contributed by atoms with Crippen molar-refractivity contribution in [1.29, 1.82) is 0 Å². The number of nitrogens with one attached hydrogen (secondary N) is 2. The Kier molecular flexibility index (Phi) is 4.56. The lowest BCUT2D eigenvalue weighted by Crippen LogP contribution is -2.26. The van der Waals surface area contributed by atoms with Gasteiger partial charge >= 0.3 is 0 Å². The van der Waals surface area contributed by atoms with Crippen molar-refractivity contribution in [3.05, 3.63) is 70.3 Å². The smallest absolute Gasteiger partial charge is 0.258 e. The Balaban J connectivity index is 1.63. The molecular weight excluding hydrogens is 306 g/mol. The quantitative estimate of drug-likeness (QED) is 0.751. The van der Waals surface area contributed by atoms with E-state index in [0.29, 0.717) is 41.0 Å². The van der Waals surface area contributed by atoms with Crippen molar-refractivity contribution in [1.82, 2.24) is 15.3 Å². The molecule has 122 valence electrons. The highest BCUT2D eigenvalue weighted by Gasteiger charge is 2.07. The molecule has 0 spiro atoms. The first-order valence-electron chi connectivity index (χ1n) is 7.57. The van der Waals surface area contributed by atoms with Gasteiger partial charge in [-0.1, -0.05) is 12.1 Å². The number of aromatic amines is 1. The van der Waals surface area contributed by atoms with Crippen LogP contribution in [0.15, 0.2) is 53.3 Å². The Morgan fingerprint density at radius 1 is 1.17 bits per heavy atom. The highest BCUT2D eigenvalue weighted by molar-refractivity contribution is 5.94. The summed E-state index contributed by atoms with van der Waals surface area (Å²) in [5.41, 5.74) is 1.03. The number of H-pyrrole nitrogens is 1. The van der Waals surface area contributed by atoms with Crippen LogP contribution in [0, 0.1) is 0 Å². The van der Waals surface area contributed by atoms with E-state index in [-0.39, 0.29) is 11.5 Å². The van der Waals surface area contributed by atoms with Gasteiger partial charge in [-0.2, -0.15) is 0 Å². The standard InChI is InChI=1S/C18H17N3O3/c1-24-13-8-6-12(7-9-13)17(22)19-11-10-16-20-15-5-3-2-4-14(15)18(23)21-16/h2-9H,10-11H2,1H3,(H,19,22)(H,20,21,23). The number of para-hydroxylation sites is 1. The number of nitrogens with zero attached hydrogens (tertiary/aromatic N) is 1. The fraction of sp³-hybridized carbons (Fsp3) is 0.167. The highest BCUT2D eigenvalue weighted by atomic mass is 16.5. The van der Waals surface area contributed by atoms with Crippen LogP contribution in [-0.2, 0) is 6.42 Å². The lowest BCUT2D eigenvalue weighted by Gasteiger charge is -2.06. The zero-order valence-corrected chi connectivity index (χ0v) is 13.2. The van der Waals surface area contributed by atoms with Gasteiger partial charge in [-0.05, 0) is 36.4 Å². The minimum atomic E-state index is -0.180. The molecule has 0 aliphatic carbocycles. The van der Waals surface area contributed by atoms with E-state index >= 15 is 0 Å². The zero-order chi connectivity index (χ0) is 16.9. The second kappa shape index (κ2) is 6.95. The fourth-order valence-corrected chi connectivity index (χ4v) is 2.39. The first-order valence-corrected chi connectivity index (χ1v) is 7.57. The largest absolute Gasteiger partial charge is 0.497 e.